The highest BCUT2D eigenvalue weighted by Gasteiger charge is 2.20. The van der Waals surface area contributed by atoms with E-state index in [9.17, 15) is 0 Å². The largest absolute Gasteiger partial charge is 0.312 e. The van der Waals surface area contributed by atoms with Crippen molar-refractivity contribution in [1.29, 1.82) is 5.26 Å². The summed E-state index contributed by atoms with van der Waals surface area (Å²) in [5.74, 6) is 0. The zero-order valence-electron chi connectivity index (χ0n) is 8.68. The highest BCUT2D eigenvalue weighted by atomic mass is 35.5. The summed E-state index contributed by atoms with van der Waals surface area (Å²) in [7, 11) is 0. The van der Waals surface area contributed by atoms with E-state index >= 15 is 0 Å². The molecular formula is C10H10ClN5. The summed E-state index contributed by atoms with van der Waals surface area (Å²) in [5, 5.41) is 17.4. The lowest BCUT2D eigenvalue weighted by Crippen LogP contribution is -2.39. The summed E-state index contributed by atoms with van der Waals surface area (Å²) in [6.07, 6.45) is 0. The van der Waals surface area contributed by atoms with Gasteiger partial charge in [-0.1, -0.05) is 16.8 Å². The van der Waals surface area contributed by atoms with Crippen LogP contribution in [-0.2, 0) is 6.54 Å². The van der Waals surface area contributed by atoms with Crippen LogP contribution in [0.5, 0.6) is 0 Å². The first-order valence-corrected chi connectivity index (χ1v) is 5.08. The molecule has 0 saturated carbocycles. The molecule has 2 N–H and O–H groups in total. The lowest BCUT2D eigenvalue weighted by atomic mass is 10.1. The summed E-state index contributed by atoms with van der Waals surface area (Å²) < 4.78 is 1.61. The fourth-order valence-corrected chi connectivity index (χ4v) is 1.57. The monoisotopic (exact) mass is 235 g/mol. The van der Waals surface area contributed by atoms with Crippen LogP contribution in [-0.4, -0.2) is 20.5 Å². The number of aromatic nitrogens is 3. The summed E-state index contributed by atoms with van der Waals surface area (Å²) in [6, 6.07) is 7.31. The van der Waals surface area contributed by atoms with E-state index in [0.29, 0.717) is 17.1 Å². The van der Waals surface area contributed by atoms with Gasteiger partial charge >= 0.3 is 0 Å². The van der Waals surface area contributed by atoms with Crippen molar-refractivity contribution in [3.63, 3.8) is 0 Å². The van der Waals surface area contributed by atoms with Crippen LogP contribution < -0.4 is 5.73 Å². The zero-order valence-corrected chi connectivity index (χ0v) is 9.44. The second kappa shape index (κ2) is 3.74. The predicted octanol–water partition coefficient (Wildman–Crippen LogP) is 1.33. The van der Waals surface area contributed by atoms with Gasteiger partial charge in [0.1, 0.15) is 11.1 Å². The van der Waals surface area contributed by atoms with Crippen molar-refractivity contribution < 1.29 is 0 Å². The molecule has 1 aromatic carbocycles. The Morgan fingerprint density at radius 3 is 3.06 bits per heavy atom. The Morgan fingerprint density at radius 1 is 1.62 bits per heavy atom. The van der Waals surface area contributed by atoms with Crippen LogP contribution in [0, 0.1) is 11.3 Å². The fourth-order valence-electron chi connectivity index (χ4n) is 1.41. The number of hydrogen-bond donors (Lipinski definition) is 1. The molecule has 1 aromatic heterocycles. The van der Waals surface area contributed by atoms with E-state index < -0.39 is 5.54 Å². The first-order valence-electron chi connectivity index (χ1n) is 4.71. The molecule has 2 aromatic rings. The van der Waals surface area contributed by atoms with E-state index in [4.69, 9.17) is 22.6 Å². The quantitative estimate of drug-likeness (QED) is 0.852. The lowest BCUT2D eigenvalue weighted by molar-refractivity contribution is 0.460. The van der Waals surface area contributed by atoms with Crippen molar-refractivity contribution in [2.75, 3.05) is 0 Å². The zero-order chi connectivity index (χ0) is 11.8. The third kappa shape index (κ3) is 1.98. The van der Waals surface area contributed by atoms with E-state index in [1.165, 1.54) is 0 Å². The summed E-state index contributed by atoms with van der Waals surface area (Å²) in [6.45, 7) is 1.94. The topological polar surface area (TPSA) is 80.5 Å². The number of fused-ring (bicyclic) bond motifs is 1. The molecule has 1 heterocycles. The maximum Gasteiger partial charge on any atom is 0.121 e. The Labute approximate surface area is 97.4 Å². The van der Waals surface area contributed by atoms with Gasteiger partial charge in [-0.25, -0.2) is 4.68 Å². The van der Waals surface area contributed by atoms with Gasteiger partial charge in [0, 0.05) is 5.02 Å². The molecule has 0 aliphatic carbocycles. The number of hydrogen-bond acceptors (Lipinski definition) is 4. The second-order valence-corrected chi connectivity index (χ2v) is 4.35. The number of rotatable bonds is 2. The third-order valence-corrected chi connectivity index (χ3v) is 2.44. The minimum atomic E-state index is -0.958. The molecule has 16 heavy (non-hydrogen) atoms. The molecule has 5 nitrogen and oxygen atoms in total. The number of benzene rings is 1. The molecule has 0 saturated heterocycles. The summed E-state index contributed by atoms with van der Waals surface area (Å²) in [4.78, 5) is 0. The van der Waals surface area contributed by atoms with Crippen LogP contribution in [0.1, 0.15) is 6.92 Å². The van der Waals surface area contributed by atoms with Crippen molar-refractivity contribution in [2.24, 2.45) is 5.73 Å². The van der Waals surface area contributed by atoms with Crippen LogP contribution in [0.4, 0.5) is 0 Å². The second-order valence-electron chi connectivity index (χ2n) is 3.91. The van der Waals surface area contributed by atoms with Crippen molar-refractivity contribution in [2.45, 2.75) is 19.0 Å². The Hall–Kier alpha value is -1.64. The number of halogens is 1. The van der Waals surface area contributed by atoms with Crippen LogP contribution in [0.25, 0.3) is 11.0 Å². The van der Waals surface area contributed by atoms with Gasteiger partial charge in [0.25, 0.3) is 0 Å². The Balaban J connectivity index is 2.44. The maximum absolute atomic E-state index is 8.85. The first kappa shape index (κ1) is 10.9. The van der Waals surface area contributed by atoms with Crippen molar-refractivity contribution in [1.82, 2.24) is 15.0 Å². The molecule has 1 unspecified atom stereocenters. The van der Waals surface area contributed by atoms with Gasteiger partial charge in [0.2, 0.25) is 0 Å². The lowest BCUT2D eigenvalue weighted by Gasteiger charge is -2.14. The highest BCUT2D eigenvalue weighted by molar-refractivity contribution is 6.31. The molecular weight excluding hydrogens is 226 g/mol. The normalized spacial score (nSPS) is 14.6. The molecule has 82 valence electrons. The smallest absolute Gasteiger partial charge is 0.121 e. The number of nitrogens with zero attached hydrogens (tertiary/aromatic N) is 4. The minimum absolute atomic E-state index is 0.293. The first-order chi connectivity index (χ1) is 7.52. The molecule has 0 fully saturated rings. The van der Waals surface area contributed by atoms with Gasteiger partial charge in [-0.2, -0.15) is 5.26 Å². The van der Waals surface area contributed by atoms with Crippen LogP contribution in [0.2, 0.25) is 5.02 Å². The molecule has 6 heteroatoms. The van der Waals surface area contributed by atoms with E-state index in [1.807, 2.05) is 12.1 Å². The SMILES string of the molecule is CC(N)(C#N)Cn1nnc2cc(Cl)ccc21. The summed E-state index contributed by atoms with van der Waals surface area (Å²) >= 11 is 5.83. The molecule has 1 atom stereocenters. The highest BCUT2D eigenvalue weighted by Crippen LogP contribution is 2.17. The molecule has 0 bridgehead atoms. The molecule has 0 radical (unpaired) electrons. The van der Waals surface area contributed by atoms with Crippen LogP contribution in [0.3, 0.4) is 0 Å². The maximum atomic E-state index is 8.85. The van der Waals surface area contributed by atoms with Gasteiger partial charge in [0.15, 0.2) is 0 Å². The third-order valence-electron chi connectivity index (χ3n) is 2.21. The van der Waals surface area contributed by atoms with Crippen LogP contribution >= 0.6 is 11.6 Å². The Morgan fingerprint density at radius 2 is 2.38 bits per heavy atom. The van der Waals surface area contributed by atoms with Crippen molar-refractivity contribution in [3.8, 4) is 6.07 Å². The Kier molecular flexibility index (Phi) is 2.54. The molecule has 0 aliphatic rings. The van der Waals surface area contributed by atoms with Gasteiger partial charge < -0.3 is 5.73 Å². The molecule has 0 amide bonds. The number of nitrogens with two attached hydrogens (primary N) is 1. The minimum Gasteiger partial charge on any atom is -0.312 e. The molecule has 0 aliphatic heterocycles. The average Bonchev–Trinajstić information content (AvgIpc) is 2.60. The predicted molar refractivity (Wildman–Crippen MR) is 60.7 cm³/mol. The molecule has 0 spiro atoms. The van der Waals surface area contributed by atoms with Crippen molar-refractivity contribution >= 4 is 22.6 Å². The average molecular weight is 236 g/mol. The molecule has 2 rings (SSSR count). The van der Waals surface area contributed by atoms with Gasteiger partial charge in [-0.3, -0.25) is 0 Å². The Bertz CT molecular complexity index is 566. The van der Waals surface area contributed by atoms with Gasteiger partial charge in [-0.15, -0.1) is 5.10 Å². The van der Waals surface area contributed by atoms with E-state index in [2.05, 4.69) is 10.3 Å². The van der Waals surface area contributed by atoms with Crippen molar-refractivity contribution in [3.05, 3.63) is 23.2 Å². The summed E-state index contributed by atoms with van der Waals surface area (Å²) in [5.41, 5.74) is 6.31. The standard InChI is InChI=1S/C10H10ClN5/c1-10(13,5-12)6-16-9-3-2-7(11)4-8(9)14-15-16/h2-4H,6,13H2,1H3. The van der Waals surface area contributed by atoms with E-state index in [-0.39, 0.29) is 0 Å². The number of nitriles is 1. The van der Waals surface area contributed by atoms with E-state index in [0.717, 1.165) is 5.52 Å². The van der Waals surface area contributed by atoms with E-state index in [1.54, 1.807) is 23.7 Å². The van der Waals surface area contributed by atoms with Gasteiger partial charge in [-0.05, 0) is 25.1 Å². The van der Waals surface area contributed by atoms with Crippen LogP contribution in [0.15, 0.2) is 18.2 Å². The fraction of sp³-hybridized carbons (Fsp3) is 0.300. The van der Waals surface area contributed by atoms with Gasteiger partial charge in [0.05, 0.1) is 18.1 Å².